The molecule has 0 bridgehead atoms. The number of hydrogen-bond donors (Lipinski definition) is 1. The summed E-state index contributed by atoms with van der Waals surface area (Å²) in [7, 11) is 0. The third kappa shape index (κ3) is 3.08. The molecule has 0 amide bonds. The summed E-state index contributed by atoms with van der Waals surface area (Å²) in [4.78, 5) is 11.8. The van der Waals surface area contributed by atoms with E-state index in [2.05, 4.69) is 51.8 Å². The molecule has 0 atom stereocenters. The molecule has 1 saturated heterocycles. The zero-order valence-corrected chi connectivity index (χ0v) is 13.5. The number of rotatable bonds is 4. The van der Waals surface area contributed by atoms with Gasteiger partial charge in [0.15, 0.2) is 5.96 Å². The minimum Gasteiger partial charge on any atom is -0.357 e. The van der Waals surface area contributed by atoms with E-state index >= 15 is 0 Å². The molecule has 118 valence electrons. The van der Waals surface area contributed by atoms with Crippen molar-refractivity contribution < 1.29 is 0 Å². The molecule has 5 heteroatoms. The van der Waals surface area contributed by atoms with Gasteiger partial charge in [0.05, 0.1) is 17.6 Å². The van der Waals surface area contributed by atoms with Gasteiger partial charge in [-0.3, -0.25) is 4.99 Å². The fourth-order valence-electron chi connectivity index (χ4n) is 3.09. The second-order valence-electron chi connectivity index (χ2n) is 5.73. The normalized spacial score (nSPS) is 15.7. The summed E-state index contributed by atoms with van der Waals surface area (Å²) in [5.41, 5.74) is 2.26. The monoisotopic (exact) mass is 299 g/mol. The van der Waals surface area contributed by atoms with Crippen molar-refractivity contribution >= 4 is 17.0 Å². The lowest BCUT2D eigenvalue weighted by Crippen LogP contribution is -2.39. The van der Waals surface area contributed by atoms with Crippen LogP contribution in [0, 0.1) is 6.92 Å². The lowest BCUT2D eigenvalue weighted by Gasteiger charge is -2.20. The summed E-state index contributed by atoms with van der Waals surface area (Å²) < 4.78 is 2.26. The van der Waals surface area contributed by atoms with Crippen LogP contribution in [0.15, 0.2) is 29.3 Å². The average molecular weight is 299 g/mol. The van der Waals surface area contributed by atoms with Gasteiger partial charge in [-0.15, -0.1) is 0 Å². The minimum absolute atomic E-state index is 0.778. The molecule has 1 aromatic heterocycles. The summed E-state index contributed by atoms with van der Waals surface area (Å²) in [6.45, 7) is 9.00. The molecule has 0 spiro atoms. The zero-order valence-electron chi connectivity index (χ0n) is 13.5. The molecule has 1 aromatic carbocycles. The number of guanidine groups is 1. The lowest BCUT2D eigenvalue weighted by molar-refractivity contribution is 0.492. The number of aryl methyl sites for hydroxylation is 1. The number of nitrogens with zero attached hydrogens (tertiary/aromatic N) is 4. The standard InChI is InChI=1S/C17H25N5/c1-3-18-17(21-11-6-7-12-21)19-10-13-22-14(2)20-15-8-4-5-9-16(15)22/h4-5,8-9H,3,6-7,10-13H2,1-2H3,(H,18,19). The summed E-state index contributed by atoms with van der Waals surface area (Å²) in [6.07, 6.45) is 2.55. The molecule has 1 N–H and O–H groups in total. The Balaban J connectivity index is 1.72. The van der Waals surface area contributed by atoms with Crippen molar-refractivity contribution in [2.45, 2.75) is 33.2 Å². The Bertz CT molecular complexity index is 652. The first-order chi connectivity index (χ1) is 10.8. The summed E-state index contributed by atoms with van der Waals surface area (Å²) in [5.74, 6) is 2.12. The van der Waals surface area contributed by atoms with Gasteiger partial charge in [-0.05, 0) is 38.8 Å². The molecule has 3 rings (SSSR count). The first-order valence-electron chi connectivity index (χ1n) is 8.24. The van der Waals surface area contributed by atoms with Gasteiger partial charge in [-0.25, -0.2) is 4.98 Å². The maximum atomic E-state index is 4.80. The number of imidazole rings is 1. The molecule has 0 unspecified atom stereocenters. The first-order valence-corrected chi connectivity index (χ1v) is 8.24. The van der Waals surface area contributed by atoms with Crippen LogP contribution in [0.5, 0.6) is 0 Å². The van der Waals surface area contributed by atoms with E-state index in [1.54, 1.807) is 0 Å². The van der Waals surface area contributed by atoms with E-state index in [1.807, 2.05) is 6.07 Å². The lowest BCUT2D eigenvalue weighted by atomic mass is 10.3. The van der Waals surface area contributed by atoms with E-state index in [-0.39, 0.29) is 0 Å². The highest BCUT2D eigenvalue weighted by Gasteiger charge is 2.15. The zero-order chi connectivity index (χ0) is 15.4. The second-order valence-corrected chi connectivity index (χ2v) is 5.73. The van der Waals surface area contributed by atoms with Gasteiger partial charge >= 0.3 is 0 Å². The Morgan fingerprint density at radius 3 is 2.82 bits per heavy atom. The quantitative estimate of drug-likeness (QED) is 0.696. The van der Waals surface area contributed by atoms with Crippen LogP contribution < -0.4 is 5.32 Å². The van der Waals surface area contributed by atoms with Crippen LogP contribution in [0.3, 0.4) is 0 Å². The molecule has 5 nitrogen and oxygen atoms in total. The predicted octanol–water partition coefficient (Wildman–Crippen LogP) is 2.41. The molecule has 1 fully saturated rings. The van der Waals surface area contributed by atoms with E-state index in [9.17, 15) is 0 Å². The van der Waals surface area contributed by atoms with E-state index in [1.165, 1.54) is 18.4 Å². The summed E-state index contributed by atoms with van der Waals surface area (Å²) >= 11 is 0. The fraction of sp³-hybridized carbons (Fsp3) is 0.529. The van der Waals surface area contributed by atoms with Crippen molar-refractivity contribution in [2.75, 3.05) is 26.2 Å². The van der Waals surface area contributed by atoms with Gasteiger partial charge in [-0.2, -0.15) is 0 Å². The number of hydrogen-bond acceptors (Lipinski definition) is 2. The van der Waals surface area contributed by atoms with Gasteiger partial charge < -0.3 is 14.8 Å². The Hall–Kier alpha value is -2.04. The molecule has 2 heterocycles. The van der Waals surface area contributed by atoms with Crippen molar-refractivity contribution in [1.82, 2.24) is 19.8 Å². The van der Waals surface area contributed by atoms with E-state index in [0.29, 0.717) is 0 Å². The highest BCUT2D eigenvalue weighted by atomic mass is 15.3. The van der Waals surface area contributed by atoms with Crippen LogP contribution >= 0.6 is 0 Å². The highest BCUT2D eigenvalue weighted by molar-refractivity contribution is 5.80. The van der Waals surface area contributed by atoms with Crippen molar-refractivity contribution in [2.24, 2.45) is 4.99 Å². The Labute approximate surface area is 132 Å². The first kappa shape index (κ1) is 14.9. The van der Waals surface area contributed by atoms with Gasteiger partial charge in [0.2, 0.25) is 0 Å². The average Bonchev–Trinajstić information content (AvgIpc) is 3.15. The maximum absolute atomic E-state index is 4.80. The summed E-state index contributed by atoms with van der Waals surface area (Å²) in [5, 5.41) is 3.41. The van der Waals surface area contributed by atoms with Crippen LogP contribution in [0.4, 0.5) is 0 Å². The molecule has 22 heavy (non-hydrogen) atoms. The Morgan fingerprint density at radius 1 is 1.27 bits per heavy atom. The van der Waals surface area contributed by atoms with E-state index < -0.39 is 0 Å². The Morgan fingerprint density at radius 2 is 2.05 bits per heavy atom. The molecule has 2 aromatic rings. The topological polar surface area (TPSA) is 45.5 Å². The smallest absolute Gasteiger partial charge is 0.193 e. The van der Waals surface area contributed by atoms with Crippen molar-refractivity contribution in [3.05, 3.63) is 30.1 Å². The third-order valence-electron chi connectivity index (χ3n) is 4.17. The van der Waals surface area contributed by atoms with Crippen molar-refractivity contribution in [3.8, 4) is 0 Å². The van der Waals surface area contributed by atoms with Crippen LogP contribution in [-0.4, -0.2) is 46.6 Å². The number of nitrogens with one attached hydrogen (secondary N) is 1. The Kier molecular flexibility index (Phi) is 4.61. The maximum Gasteiger partial charge on any atom is 0.193 e. The van der Waals surface area contributed by atoms with Gasteiger partial charge in [0, 0.05) is 26.2 Å². The highest BCUT2D eigenvalue weighted by Crippen LogP contribution is 2.15. The van der Waals surface area contributed by atoms with Gasteiger partial charge in [0.1, 0.15) is 5.82 Å². The molecular weight excluding hydrogens is 274 g/mol. The third-order valence-corrected chi connectivity index (χ3v) is 4.17. The number of para-hydroxylation sites is 2. The van der Waals surface area contributed by atoms with Crippen LogP contribution in [0.25, 0.3) is 11.0 Å². The number of aromatic nitrogens is 2. The molecule has 0 aliphatic carbocycles. The molecule has 0 saturated carbocycles. The molecular formula is C17H25N5. The SMILES string of the molecule is CCNC(=NCCn1c(C)nc2ccccc21)N1CCCC1. The fourth-order valence-corrected chi connectivity index (χ4v) is 3.09. The molecule has 1 aliphatic rings. The van der Waals surface area contributed by atoms with Crippen molar-refractivity contribution in [3.63, 3.8) is 0 Å². The van der Waals surface area contributed by atoms with Gasteiger partial charge in [-0.1, -0.05) is 12.1 Å². The van der Waals surface area contributed by atoms with Crippen LogP contribution in [-0.2, 0) is 6.54 Å². The largest absolute Gasteiger partial charge is 0.357 e. The second kappa shape index (κ2) is 6.81. The predicted molar refractivity (Wildman–Crippen MR) is 91.3 cm³/mol. The van der Waals surface area contributed by atoms with Gasteiger partial charge in [0.25, 0.3) is 0 Å². The molecule has 0 radical (unpaired) electrons. The molecule has 1 aliphatic heterocycles. The van der Waals surface area contributed by atoms with Crippen molar-refractivity contribution in [1.29, 1.82) is 0 Å². The van der Waals surface area contributed by atoms with Crippen LogP contribution in [0.1, 0.15) is 25.6 Å². The number of benzene rings is 1. The summed E-state index contributed by atoms with van der Waals surface area (Å²) in [6, 6.07) is 8.30. The van der Waals surface area contributed by atoms with Crippen LogP contribution in [0.2, 0.25) is 0 Å². The van der Waals surface area contributed by atoms with E-state index in [4.69, 9.17) is 4.99 Å². The van der Waals surface area contributed by atoms with E-state index in [0.717, 1.165) is 50.0 Å². The minimum atomic E-state index is 0.778. The number of fused-ring (bicyclic) bond motifs is 1. The number of likely N-dealkylation sites (tertiary alicyclic amines) is 1. The number of aliphatic imine (C=N–C) groups is 1.